The number of aromatic nitrogens is 1. The van der Waals surface area contributed by atoms with Gasteiger partial charge in [0.15, 0.2) is 0 Å². The molecule has 0 amide bonds. The van der Waals surface area contributed by atoms with Crippen LogP contribution in [-0.4, -0.2) is 17.1 Å². The van der Waals surface area contributed by atoms with Crippen molar-refractivity contribution >= 4 is 0 Å². The molecule has 0 saturated carbocycles. The average Bonchev–Trinajstić information content (AvgIpc) is 2.15. The lowest BCUT2D eigenvalue weighted by molar-refractivity contribution is 0.325. The van der Waals surface area contributed by atoms with E-state index in [1.54, 1.807) is 0 Å². The fraction of sp³-hybridized carbons (Fsp3) is 0.615. The van der Waals surface area contributed by atoms with Crippen molar-refractivity contribution in [2.45, 2.75) is 46.7 Å². The van der Waals surface area contributed by atoms with Gasteiger partial charge in [0.2, 0.25) is 5.88 Å². The van der Waals surface area contributed by atoms with Crippen LogP contribution in [0.5, 0.6) is 5.88 Å². The maximum absolute atomic E-state index is 5.36. The largest absolute Gasteiger partial charge is 0.478 e. The van der Waals surface area contributed by atoms with Crippen molar-refractivity contribution in [2.75, 3.05) is 6.61 Å². The molecule has 0 radical (unpaired) electrons. The molecular formula is C13H22N2O. The molecule has 3 heteroatoms. The SMILES string of the molecule is CCOc1ccc(CNC(C)(C)C)c(C)n1. The van der Waals surface area contributed by atoms with Gasteiger partial charge in [-0.25, -0.2) is 4.98 Å². The van der Waals surface area contributed by atoms with E-state index in [9.17, 15) is 0 Å². The van der Waals surface area contributed by atoms with Gasteiger partial charge in [-0.2, -0.15) is 0 Å². The Labute approximate surface area is 98.2 Å². The van der Waals surface area contributed by atoms with Gasteiger partial charge in [-0.15, -0.1) is 0 Å². The van der Waals surface area contributed by atoms with Gasteiger partial charge in [0.25, 0.3) is 0 Å². The highest BCUT2D eigenvalue weighted by atomic mass is 16.5. The van der Waals surface area contributed by atoms with Gasteiger partial charge in [-0.3, -0.25) is 0 Å². The van der Waals surface area contributed by atoms with Crippen molar-refractivity contribution in [3.8, 4) is 5.88 Å². The van der Waals surface area contributed by atoms with Crippen LogP contribution in [0.2, 0.25) is 0 Å². The van der Waals surface area contributed by atoms with E-state index in [4.69, 9.17) is 4.74 Å². The summed E-state index contributed by atoms with van der Waals surface area (Å²) in [6.07, 6.45) is 0. The van der Waals surface area contributed by atoms with Crippen molar-refractivity contribution in [1.29, 1.82) is 0 Å². The predicted molar refractivity (Wildman–Crippen MR) is 66.7 cm³/mol. The summed E-state index contributed by atoms with van der Waals surface area (Å²) in [6.45, 7) is 12.0. The van der Waals surface area contributed by atoms with E-state index in [-0.39, 0.29) is 5.54 Å². The first-order chi connectivity index (χ1) is 7.42. The minimum atomic E-state index is 0.130. The zero-order valence-corrected chi connectivity index (χ0v) is 10.9. The Hall–Kier alpha value is -1.09. The zero-order valence-electron chi connectivity index (χ0n) is 10.9. The van der Waals surface area contributed by atoms with E-state index >= 15 is 0 Å². The lowest BCUT2D eigenvalue weighted by Gasteiger charge is -2.21. The Morgan fingerprint density at radius 1 is 1.31 bits per heavy atom. The third kappa shape index (κ3) is 4.19. The standard InChI is InChI=1S/C13H22N2O/c1-6-16-12-8-7-11(10(2)15-12)9-14-13(3,4)5/h7-8,14H,6,9H2,1-5H3. The maximum atomic E-state index is 5.36. The minimum absolute atomic E-state index is 0.130. The molecule has 1 aromatic heterocycles. The zero-order chi connectivity index (χ0) is 12.2. The minimum Gasteiger partial charge on any atom is -0.478 e. The van der Waals surface area contributed by atoms with Gasteiger partial charge in [-0.05, 0) is 40.2 Å². The molecule has 1 rings (SSSR count). The van der Waals surface area contributed by atoms with Crippen molar-refractivity contribution < 1.29 is 4.74 Å². The van der Waals surface area contributed by atoms with Crippen LogP contribution < -0.4 is 10.1 Å². The average molecular weight is 222 g/mol. The fourth-order valence-corrected chi connectivity index (χ4v) is 1.34. The van der Waals surface area contributed by atoms with Gasteiger partial charge >= 0.3 is 0 Å². The predicted octanol–water partition coefficient (Wildman–Crippen LogP) is 2.68. The second-order valence-electron chi connectivity index (χ2n) is 4.93. The number of nitrogens with one attached hydrogen (secondary N) is 1. The Kier molecular flexibility index (Phi) is 4.30. The first-order valence-electron chi connectivity index (χ1n) is 5.76. The van der Waals surface area contributed by atoms with Crippen LogP contribution in [0.3, 0.4) is 0 Å². The van der Waals surface area contributed by atoms with Crippen molar-refractivity contribution in [1.82, 2.24) is 10.3 Å². The van der Waals surface area contributed by atoms with Crippen molar-refractivity contribution in [3.05, 3.63) is 23.4 Å². The third-order valence-corrected chi connectivity index (χ3v) is 2.27. The number of pyridine rings is 1. The molecule has 0 aliphatic heterocycles. The van der Waals surface area contributed by atoms with Gasteiger partial charge in [0.05, 0.1) is 6.61 Å². The molecule has 1 heterocycles. The highest BCUT2D eigenvalue weighted by Crippen LogP contribution is 2.13. The molecule has 0 aromatic carbocycles. The summed E-state index contributed by atoms with van der Waals surface area (Å²) in [5, 5.41) is 3.45. The first kappa shape index (κ1) is 13.0. The lowest BCUT2D eigenvalue weighted by Crippen LogP contribution is -2.35. The number of rotatable bonds is 4. The number of nitrogens with zero attached hydrogens (tertiary/aromatic N) is 1. The van der Waals surface area contributed by atoms with Crippen LogP contribution in [0.15, 0.2) is 12.1 Å². The first-order valence-corrected chi connectivity index (χ1v) is 5.76. The van der Waals surface area contributed by atoms with Crippen LogP contribution in [0.1, 0.15) is 39.0 Å². The van der Waals surface area contributed by atoms with Crippen LogP contribution >= 0.6 is 0 Å². The normalized spacial score (nSPS) is 11.6. The molecular weight excluding hydrogens is 200 g/mol. The smallest absolute Gasteiger partial charge is 0.213 e. The monoisotopic (exact) mass is 222 g/mol. The maximum Gasteiger partial charge on any atom is 0.213 e. The van der Waals surface area contributed by atoms with E-state index in [1.165, 1.54) is 5.56 Å². The van der Waals surface area contributed by atoms with Crippen molar-refractivity contribution in [3.63, 3.8) is 0 Å². The number of ether oxygens (including phenoxy) is 1. The molecule has 90 valence electrons. The van der Waals surface area contributed by atoms with Gasteiger partial charge < -0.3 is 10.1 Å². The highest BCUT2D eigenvalue weighted by Gasteiger charge is 2.10. The summed E-state index contributed by atoms with van der Waals surface area (Å²) >= 11 is 0. The Bertz CT molecular complexity index is 342. The lowest BCUT2D eigenvalue weighted by atomic mass is 10.1. The van der Waals surface area contributed by atoms with Crippen molar-refractivity contribution in [2.24, 2.45) is 0 Å². The Morgan fingerprint density at radius 2 is 2.00 bits per heavy atom. The quantitative estimate of drug-likeness (QED) is 0.850. The number of hydrogen-bond donors (Lipinski definition) is 1. The third-order valence-electron chi connectivity index (χ3n) is 2.27. The molecule has 1 N–H and O–H groups in total. The molecule has 3 nitrogen and oxygen atoms in total. The van der Waals surface area contributed by atoms with Crippen LogP contribution in [0.25, 0.3) is 0 Å². The van der Waals surface area contributed by atoms with Crippen LogP contribution in [0, 0.1) is 6.92 Å². The number of aryl methyl sites for hydroxylation is 1. The van der Waals surface area contributed by atoms with Gasteiger partial charge in [-0.1, -0.05) is 6.07 Å². The van der Waals surface area contributed by atoms with E-state index in [2.05, 4.69) is 37.1 Å². The molecule has 0 aliphatic rings. The topological polar surface area (TPSA) is 34.1 Å². The van der Waals surface area contributed by atoms with Gasteiger partial charge in [0, 0.05) is 23.8 Å². The van der Waals surface area contributed by atoms with Crippen LogP contribution in [-0.2, 0) is 6.54 Å². The summed E-state index contributed by atoms with van der Waals surface area (Å²) in [4.78, 5) is 4.40. The molecule has 16 heavy (non-hydrogen) atoms. The van der Waals surface area contributed by atoms with E-state index in [0.29, 0.717) is 12.5 Å². The second kappa shape index (κ2) is 5.30. The molecule has 0 aliphatic carbocycles. The molecule has 0 atom stereocenters. The second-order valence-corrected chi connectivity index (χ2v) is 4.93. The fourth-order valence-electron chi connectivity index (χ4n) is 1.34. The molecule has 0 saturated heterocycles. The summed E-state index contributed by atoms with van der Waals surface area (Å²) in [5.74, 6) is 0.708. The summed E-state index contributed by atoms with van der Waals surface area (Å²) in [7, 11) is 0. The molecule has 0 fully saturated rings. The van der Waals surface area contributed by atoms with Gasteiger partial charge in [0.1, 0.15) is 0 Å². The molecule has 0 bridgehead atoms. The van der Waals surface area contributed by atoms with E-state index in [0.717, 1.165) is 12.2 Å². The summed E-state index contributed by atoms with van der Waals surface area (Å²) < 4.78 is 5.36. The highest BCUT2D eigenvalue weighted by molar-refractivity contribution is 5.25. The number of hydrogen-bond acceptors (Lipinski definition) is 3. The Balaban J connectivity index is 2.68. The van der Waals surface area contributed by atoms with E-state index in [1.807, 2.05) is 19.9 Å². The summed E-state index contributed by atoms with van der Waals surface area (Å²) in [5.41, 5.74) is 2.38. The molecule has 0 spiro atoms. The van der Waals surface area contributed by atoms with E-state index < -0.39 is 0 Å². The molecule has 0 unspecified atom stereocenters. The molecule has 1 aromatic rings. The summed E-state index contributed by atoms with van der Waals surface area (Å²) in [6, 6.07) is 4.00. The Morgan fingerprint density at radius 3 is 2.50 bits per heavy atom. The van der Waals surface area contributed by atoms with Crippen LogP contribution in [0.4, 0.5) is 0 Å².